The maximum Gasteiger partial charge on any atom is 0.324 e. The van der Waals surface area contributed by atoms with Gasteiger partial charge >= 0.3 is 6.03 Å². The van der Waals surface area contributed by atoms with Gasteiger partial charge in [0.25, 0.3) is 5.91 Å². The molecule has 1 fully saturated rings. The van der Waals surface area contributed by atoms with Crippen LogP contribution in [0.15, 0.2) is 28.8 Å². The minimum Gasteiger partial charge on any atom is -0.359 e. The molecule has 2 aromatic heterocycles. The molecule has 4 amide bonds. The third-order valence-electron chi connectivity index (χ3n) is 7.83. The van der Waals surface area contributed by atoms with Gasteiger partial charge in [-0.05, 0) is 44.7 Å². The Morgan fingerprint density at radius 3 is 2.51 bits per heavy atom. The number of hydrogen-bond donors (Lipinski definition) is 5. The van der Waals surface area contributed by atoms with Gasteiger partial charge in [0.15, 0.2) is 5.82 Å². The second kappa shape index (κ2) is 12.1. The molecule has 2 aliphatic rings. The SMILES string of the molecule is Cc1[nH]c(/C=C2\C(=O)Nc3cc(NC(=O)Nc4cc(C(C)(C)C)on4)ccc32)c(C)c1NC(=O)CCN1CCN(C)CC1. The molecule has 0 spiro atoms. The summed E-state index contributed by atoms with van der Waals surface area (Å²) in [5, 5.41) is 15.3. The van der Waals surface area contributed by atoms with Crippen molar-refractivity contribution >= 4 is 52.4 Å². The minimum absolute atomic E-state index is 0.0328. The standard InChI is InChI=1S/C31H40N8O4/c1-18-23(32-19(2)28(18)36-27(40)9-10-39-13-11-38(6)12-14-39)16-22-21-8-7-20(15-24(21)34-29(22)41)33-30(42)35-26-17-25(43-37-26)31(3,4)5/h7-8,15-17,32H,9-14H2,1-6H3,(H,34,41)(H,36,40)(H2,33,35,37,42)/b22-16-. The number of aromatic amines is 1. The summed E-state index contributed by atoms with van der Waals surface area (Å²) >= 11 is 0. The number of urea groups is 1. The summed E-state index contributed by atoms with van der Waals surface area (Å²) in [6.45, 7) is 14.5. The maximum absolute atomic E-state index is 12.9. The Labute approximate surface area is 251 Å². The third kappa shape index (κ3) is 6.98. The first-order chi connectivity index (χ1) is 20.4. The number of nitrogens with zero attached hydrogens (tertiary/aromatic N) is 3. The quantitative estimate of drug-likeness (QED) is 0.253. The van der Waals surface area contributed by atoms with Gasteiger partial charge in [0.1, 0.15) is 5.76 Å². The highest BCUT2D eigenvalue weighted by Gasteiger charge is 2.26. The van der Waals surface area contributed by atoms with Crippen LogP contribution in [-0.2, 0) is 15.0 Å². The molecule has 12 nitrogen and oxygen atoms in total. The number of nitrogens with one attached hydrogen (secondary N) is 5. The van der Waals surface area contributed by atoms with Gasteiger partial charge in [-0.2, -0.15) is 0 Å². The Kier molecular flexibility index (Phi) is 8.43. The number of piperazine rings is 1. The van der Waals surface area contributed by atoms with Crippen LogP contribution in [0, 0.1) is 13.8 Å². The van der Waals surface area contributed by atoms with Crippen LogP contribution in [0.1, 0.15) is 55.5 Å². The molecule has 0 atom stereocenters. The number of carbonyl (C=O) groups is 3. The van der Waals surface area contributed by atoms with Crippen LogP contribution in [0.5, 0.6) is 0 Å². The Morgan fingerprint density at radius 1 is 1.07 bits per heavy atom. The van der Waals surface area contributed by atoms with E-state index in [2.05, 4.69) is 48.3 Å². The summed E-state index contributed by atoms with van der Waals surface area (Å²) in [6, 6.07) is 6.43. The summed E-state index contributed by atoms with van der Waals surface area (Å²) < 4.78 is 5.31. The molecule has 3 aromatic rings. The number of rotatable bonds is 7. The fourth-order valence-corrected chi connectivity index (χ4v) is 5.17. The number of aromatic nitrogens is 2. The van der Waals surface area contributed by atoms with Crippen LogP contribution >= 0.6 is 0 Å². The van der Waals surface area contributed by atoms with E-state index in [0.29, 0.717) is 40.5 Å². The molecule has 5 rings (SSSR count). The first kappa shape index (κ1) is 30.1. The average Bonchev–Trinajstić information content (AvgIpc) is 3.61. The molecule has 0 unspecified atom stereocenters. The van der Waals surface area contributed by atoms with Crippen molar-refractivity contribution in [1.82, 2.24) is 19.9 Å². The zero-order valence-corrected chi connectivity index (χ0v) is 25.6. The number of likely N-dealkylation sites (N-methyl/N-ethyl adjacent to an activating group) is 1. The molecule has 43 heavy (non-hydrogen) atoms. The summed E-state index contributed by atoms with van der Waals surface area (Å²) in [7, 11) is 2.11. The fourth-order valence-electron chi connectivity index (χ4n) is 5.17. The zero-order valence-electron chi connectivity index (χ0n) is 25.6. The summed E-state index contributed by atoms with van der Waals surface area (Å²) in [5.41, 5.74) is 5.22. The number of H-pyrrole nitrogens is 1. The van der Waals surface area contributed by atoms with Crippen molar-refractivity contribution in [1.29, 1.82) is 0 Å². The van der Waals surface area contributed by atoms with Crippen LogP contribution in [0.25, 0.3) is 11.6 Å². The lowest BCUT2D eigenvalue weighted by Gasteiger charge is -2.32. The Hall–Kier alpha value is -4.42. The Bertz CT molecular complexity index is 1570. The number of aryl methyl sites for hydroxylation is 1. The van der Waals surface area contributed by atoms with Gasteiger partial charge in [-0.1, -0.05) is 32.0 Å². The number of benzene rings is 1. The first-order valence-corrected chi connectivity index (χ1v) is 14.5. The van der Waals surface area contributed by atoms with Gasteiger partial charge in [-0.15, -0.1) is 0 Å². The average molecular weight is 589 g/mol. The van der Waals surface area contributed by atoms with E-state index in [-0.39, 0.29) is 17.2 Å². The molecule has 0 radical (unpaired) electrons. The number of carbonyl (C=O) groups excluding carboxylic acids is 3. The van der Waals surface area contributed by atoms with E-state index < -0.39 is 6.03 Å². The smallest absolute Gasteiger partial charge is 0.324 e. The highest BCUT2D eigenvalue weighted by atomic mass is 16.5. The predicted molar refractivity (Wildman–Crippen MR) is 168 cm³/mol. The lowest BCUT2D eigenvalue weighted by molar-refractivity contribution is -0.116. The molecule has 1 aromatic carbocycles. The lowest BCUT2D eigenvalue weighted by Crippen LogP contribution is -2.45. The fraction of sp³-hybridized carbons (Fsp3) is 0.419. The van der Waals surface area contributed by atoms with E-state index in [1.54, 1.807) is 30.3 Å². The van der Waals surface area contributed by atoms with Crippen molar-refractivity contribution in [2.24, 2.45) is 0 Å². The highest BCUT2D eigenvalue weighted by Crippen LogP contribution is 2.36. The molecule has 0 bridgehead atoms. The van der Waals surface area contributed by atoms with E-state index >= 15 is 0 Å². The van der Waals surface area contributed by atoms with Crippen molar-refractivity contribution in [3.63, 3.8) is 0 Å². The van der Waals surface area contributed by atoms with Crippen molar-refractivity contribution in [3.8, 4) is 0 Å². The number of amides is 4. The van der Waals surface area contributed by atoms with Gasteiger partial charge in [0, 0.05) is 73.3 Å². The van der Waals surface area contributed by atoms with Gasteiger partial charge in [-0.25, -0.2) is 4.79 Å². The molecule has 0 saturated carbocycles. The van der Waals surface area contributed by atoms with Crippen LogP contribution in [-0.4, -0.2) is 77.6 Å². The number of anilines is 4. The molecule has 5 N–H and O–H groups in total. The molecule has 1 saturated heterocycles. The maximum atomic E-state index is 12.9. The molecular weight excluding hydrogens is 548 g/mol. The highest BCUT2D eigenvalue weighted by molar-refractivity contribution is 6.35. The second-order valence-electron chi connectivity index (χ2n) is 12.3. The largest absolute Gasteiger partial charge is 0.359 e. The second-order valence-corrected chi connectivity index (χ2v) is 12.3. The van der Waals surface area contributed by atoms with Crippen molar-refractivity contribution in [3.05, 3.63) is 52.5 Å². The molecule has 2 aliphatic heterocycles. The summed E-state index contributed by atoms with van der Waals surface area (Å²) in [4.78, 5) is 46.2. The van der Waals surface area contributed by atoms with Crippen LogP contribution in [0.4, 0.5) is 27.7 Å². The monoisotopic (exact) mass is 588 g/mol. The summed E-state index contributed by atoms with van der Waals surface area (Å²) in [5.74, 6) is 0.683. The van der Waals surface area contributed by atoms with Gasteiger partial charge in [0.2, 0.25) is 5.91 Å². The van der Waals surface area contributed by atoms with Gasteiger partial charge < -0.3 is 35.3 Å². The van der Waals surface area contributed by atoms with Crippen LogP contribution in [0.2, 0.25) is 0 Å². The van der Waals surface area contributed by atoms with E-state index in [1.807, 2.05) is 34.6 Å². The predicted octanol–water partition coefficient (Wildman–Crippen LogP) is 4.63. The van der Waals surface area contributed by atoms with Crippen LogP contribution < -0.4 is 21.3 Å². The van der Waals surface area contributed by atoms with Gasteiger partial charge in [-0.3, -0.25) is 14.9 Å². The molecule has 0 aliphatic carbocycles. The van der Waals surface area contributed by atoms with E-state index in [1.165, 1.54) is 0 Å². The van der Waals surface area contributed by atoms with E-state index in [4.69, 9.17) is 4.52 Å². The molecule has 12 heteroatoms. The number of fused-ring (bicyclic) bond motifs is 1. The number of hydrogen-bond acceptors (Lipinski definition) is 7. The normalized spacial score (nSPS) is 16.7. The lowest BCUT2D eigenvalue weighted by atomic mass is 9.93. The topological polar surface area (TPSA) is 148 Å². The molecular formula is C31H40N8O4. The van der Waals surface area contributed by atoms with Crippen molar-refractivity contribution < 1.29 is 18.9 Å². The van der Waals surface area contributed by atoms with Gasteiger partial charge in [0.05, 0.1) is 16.9 Å². The zero-order chi connectivity index (χ0) is 30.9. The first-order valence-electron chi connectivity index (χ1n) is 14.5. The molecule has 4 heterocycles. The Balaban J connectivity index is 1.23. The van der Waals surface area contributed by atoms with Crippen molar-refractivity contribution in [2.75, 3.05) is 61.0 Å². The minimum atomic E-state index is -0.482. The van der Waals surface area contributed by atoms with E-state index in [9.17, 15) is 14.4 Å². The van der Waals surface area contributed by atoms with Crippen molar-refractivity contribution in [2.45, 2.75) is 46.5 Å². The Morgan fingerprint density at radius 2 is 1.81 bits per heavy atom. The van der Waals surface area contributed by atoms with Crippen LogP contribution in [0.3, 0.4) is 0 Å². The molecule has 228 valence electrons. The van der Waals surface area contributed by atoms with E-state index in [0.717, 1.165) is 55.4 Å². The summed E-state index contributed by atoms with van der Waals surface area (Å²) in [6.07, 6.45) is 2.21. The third-order valence-corrected chi connectivity index (χ3v) is 7.83.